The number of benzene rings is 32. The fourth-order valence-electron chi connectivity index (χ4n) is 26.0. The van der Waals surface area contributed by atoms with Crippen LogP contribution < -0.4 is 0 Å². The highest BCUT2D eigenvalue weighted by Gasteiger charge is 2.31. The molecule has 0 unspecified atom stereocenters. The van der Waals surface area contributed by atoms with Crippen molar-refractivity contribution >= 4 is 237 Å². The normalized spacial score (nSPS) is 12.2. The molecule has 0 bridgehead atoms. The molecule has 0 aromatic heterocycles. The lowest BCUT2D eigenvalue weighted by atomic mass is 9.78. The zero-order chi connectivity index (χ0) is 94.0. The smallest absolute Gasteiger partial charge is 0.00139 e. The van der Waals surface area contributed by atoms with Crippen LogP contribution in [0, 0.1) is 0 Å². The molecule has 0 radical (unpaired) electrons. The average molecular weight is 1810 g/mol. The Morgan fingerprint density at radius 3 is 0.361 bits per heavy atom. The van der Waals surface area contributed by atoms with E-state index >= 15 is 0 Å². The Morgan fingerprint density at radius 1 is 0.0694 bits per heavy atom. The molecule has 0 heterocycles. The third-order valence-electron chi connectivity index (χ3n) is 32.2. The second kappa shape index (κ2) is 31.4. The Balaban J connectivity index is 0.000000131. The largest absolute Gasteiger partial charge is 0.0616 e. The van der Waals surface area contributed by atoms with E-state index in [1.165, 1.54) is 326 Å². The van der Waals surface area contributed by atoms with Crippen molar-refractivity contribution in [2.24, 2.45) is 0 Å². The van der Waals surface area contributed by atoms with Crippen LogP contribution in [0.3, 0.4) is 0 Å². The van der Waals surface area contributed by atoms with Gasteiger partial charge in [0.1, 0.15) is 0 Å². The van der Waals surface area contributed by atoms with E-state index in [0.29, 0.717) is 0 Å². The zero-order valence-electron chi connectivity index (χ0n) is 78.5. The molecule has 32 aromatic rings. The van der Waals surface area contributed by atoms with Gasteiger partial charge in [-0.15, -0.1) is 0 Å². The Kier molecular flexibility index (Phi) is 17.5. The van der Waals surface area contributed by atoms with Crippen molar-refractivity contribution in [2.75, 3.05) is 0 Å². The van der Waals surface area contributed by atoms with Crippen LogP contribution in [0.1, 0.15) is 0 Å². The van der Waals surface area contributed by atoms with Crippen LogP contribution in [0.5, 0.6) is 0 Å². The molecule has 0 amide bonds. The number of hydrogen-bond donors (Lipinski definition) is 0. The third kappa shape index (κ3) is 11.9. The summed E-state index contributed by atoms with van der Waals surface area (Å²) in [5, 5.41) is 55.4. The summed E-state index contributed by atoms with van der Waals surface area (Å²) >= 11 is 0. The van der Waals surface area contributed by atoms with Gasteiger partial charge in [-0.25, -0.2) is 0 Å². The van der Waals surface area contributed by atoms with Gasteiger partial charge in [-0.2, -0.15) is 0 Å². The minimum atomic E-state index is 1.24. The summed E-state index contributed by atoms with van der Waals surface area (Å²) in [6, 6.07) is 193. The van der Waals surface area contributed by atoms with Crippen molar-refractivity contribution in [1.29, 1.82) is 0 Å². The van der Waals surface area contributed by atoms with Gasteiger partial charge < -0.3 is 0 Å². The van der Waals surface area contributed by atoms with E-state index in [1.807, 2.05) is 0 Å². The molecular formula is C144H84. The molecule has 660 valence electrons. The molecule has 0 N–H and O–H groups in total. The Bertz CT molecular complexity index is 9760. The molecule has 0 saturated heterocycles. The molecule has 0 saturated carbocycles. The molecule has 0 heteroatoms. The summed E-state index contributed by atoms with van der Waals surface area (Å²) in [4.78, 5) is 0. The number of fused-ring (bicyclic) bond motifs is 20. The molecule has 0 atom stereocenters. The first-order chi connectivity index (χ1) is 71.5. The second-order valence-electron chi connectivity index (χ2n) is 39.6. The zero-order valence-corrected chi connectivity index (χ0v) is 78.5. The molecule has 144 heavy (non-hydrogen) atoms. The van der Waals surface area contributed by atoms with Crippen LogP contribution in [0.25, 0.3) is 326 Å². The van der Waals surface area contributed by atoms with Crippen LogP contribution in [0.2, 0.25) is 0 Å². The van der Waals surface area contributed by atoms with E-state index < -0.39 is 0 Å². The third-order valence-corrected chi connectivity index (χ3v) is 32.2. The van der Waals surface area contributed by atoms with Crippen molar-refractivity contribution in [1.82, 2.24) is 0 Å². The maximum absolute atomic E-state index is 2.56. The predicted octanol–water partition coefficient (Wildman–Crippen LogP) is 41.0. The van der Waals surface area contributed by atoms with Crippen LogP contribution in [-0.2, 0) is 0 Å². The van der Waals surface area contributed by atoms with E-state index in [2.05, 4.69) is 510 Å². The summed E-state index contributed by atoms with van der Waals surface area (Å²) in [7, 11) is 0. The molecule has 0 nitrogen and oxygen atoms in total. The first-order valence-corrected chi connectivity index (χ1v) is 50.3. The van der Waals surface area contributed by atoms with E-state index in [-0.39, 0.29) is 0 Å². The van der Waals surface area contributed by atoms with Crippen molar-refractivity contribution in [3.8, 4) is 89.0 Å². The minimum absolute atomic E-state index is 1.24. The van der Waals surface area contributed by atoms with Crippen molar-refractivity contribution < 1.29 is 0 Å². The number of hydrogen-bond acceptors (Lipinski definition) is 0. The van der Waals surface area contributed by atoms with Gasteiger partial charge in [0.2, 0.25) is 0 Å². The highest BCUT2D eigenvalue weighted by Crippen LogP contribution is 2.58. The van der Waals surface area contributed by atoms with Gasteiger partial charge in [0.15, 0.2) is 0 Å². The molecule has 0 aliphatic heterocycles. The highest BCUT2D eigenvalue weighted by atomic mass is 14.3. The molecule has 0 aliphatic rings. The maximum Gasteiger partial charge on any atom is -0.00139 e. The first-order valence-electron chi connectivity index (χ1n) is 50.3. The van der Waals surface area contributed by atoms with Gasteiger partial charge in [0, 0.05) is 0 Å². The van der Waals surface area contributed by atoms with Crippen LogP contribution in [0.15, 0.2) is 510 Å². The summed E-state index contributed by atoms with van der Waals surface area (Å²) in [5.41, 5.74) is 20.0. The fraction of sp³-hybridized carbons (Fsp3) is 0. The number of rotatable bonds is 8. The lowest BCUT2D eigenvalue weighted by molar-refractivity contribution is 1.68. The Labute approximate surface area is 829 Å². The summed E-state index contributed by atoms with van der Waals surface area (Å²) in [6.45, 7) is 0. The molecule has 0 aliphatic carbocycles. The second-order valence-corrected chi connectivity index (χ2v) is 39.6. The minimum Gasteiger partial charge on any atom is -0.0616 e. The summed E-state index contributed by atoms with van der Waals surface area (Å²) in [6.07, 6.45) is 0. The summed E-state index contributed by atoms with van der Waals surface area (Å²) < 4.78 is 0. The van der Waals surface area contributed by atoms with E-state index in [0.717, 1.165) is 0 Å². The Morgan fingerprint density at radius 2 is 0.188 bits per heavy atom. The predicted molar refractivity (Wildman–Crippen MR) is 624 cm³/mol. The fourth-order valence-corrected chi connectivity index (χ4v) is 26.0. The van der Waals surface area contributed by atoms with Gasteiger partial charge in [-0.1, -0.05) is 437 Å². The van der Waals surface area contributed by atoms with Crippen LogP contribution in [0.4, 0.5) is 0 Å². The standard InChI is InChI=1S/2C72H42/c1-9-25-51-43(17-1)37-44-18-2-10-26-52(44)67(51)63-41-64(68-53-27-11-3-19-45(53)38-46-20-4-12-28-54(46)68)60-35-36-62-66(70-57-31-15-7-23-49(57)40-50-24-8-16-32-58(50)70)42-65(61-34-33-59(63)71(60)72(61)62)69-55-29-13-5-21-47(55)39-48-22-6-14-30-56(48)69;1-5-21-47-43(17-1)37-63(55-29-13-9-25-51(47)55)67-41-68(64-38-44-18-2-6-22-48(44)52-26-10-14-30-56(52)64)60-35-36-62-70(66-40-46-20-4-8-24-50(46)54-28-12-16-32-58(54)66)42-69(61-34-33-59(67)71(60)72(61)62)65-39-45-19-3-7-23-49(45)53-27-11-15-31-57(53)65/h2*1-42H. The SMILES string of the molecule is c1ccc2c(-c3cc(-c4c5ccccc5cc5ccccc45)c4ccc5c(-c6c7ccccc7cc7ccccc67)cc(-c6c7ccccc7cc7ccccc67)c6ccc3c4c65)c3ccccc3cc2c1.c1ccc2c(c1)cc(-c1cc(-c3cc4ccccc4c4ccccc34)c3ccc4c(-c5cc6ccccc6c6ccccc56)cc(-c5cc6ccccc6c6ccccc56)c5ccc1c3c54)c1ccccc12. The van der Waals surface area contributed by atoms with Crippen molar-refractivity contribution in [3.05, 3.63) is 510 Å². The van der Waals surface area contributed by atoms with E-state index in [1.54, 1.807) is 0 Å². The quantitative estimate of drug-likeness (QED) is 0.105. The van der Waals surface area contributed by atoms with E-state index in [4.69, 9.17) is 0 Å². The van der Waals surface area contributed by atoms with E-state index in [9.17, 15) is 0 Å². The van der Waals surface area contributed by atoms with Crippen molar-refractivity contribution in [3.63, 3.8) is 0 Å². The van der Waals surface area contributed by atoms with Crippen LogP contribution in [-0.4, -0.2) is 0 Å². The van der Waals surface area contributed by atoms with Gasteiger partial charge in [-0.3, -0.25) is 0 Å². The lowest BCUT2D eigenvalue weighted by Gasteiger charge is -2.24. The summed E-state index contributed by atoms with van der Waals surface area (Å²) in [5.74, 6) is 0. The molecular weight excluding hydrogens is 1730 g/mol. The Hall–Kier alpha value is -18.7. The lowest BCUT2D eigenvalue weighted by Crippen LogP contribution is -1.97. The molecule has 32 aromatic carbocycles. The topological polar surface area (TPSA) is 0 Å². The van der Waals surface area contributed by atoms with Crippen LogP contribution >= 0.6 is 0 Å². The first kappa shape index (κ1) is 80.3. The highest BCUT2D eigenvalue weighted by molar-refractivity contribution is 6.40. The molecule has 32 rings (SSSR count). The van der Waals surface area contributed by atoms with Gasteiger partial charge in [0.05, 0.1) is 0 Å². The molecule has 0 fully saturated rings. The monoisotopic (exact) mass is 1810 g/mol. The van der Waals surface area contributed by atoms with Gasteiger partial charge in [-0.05, 0) is 399 Å². The van der Waals surface area contributed by atoms with Crippen molar-refractivity contribution in [2.45, 2.75) is 0 Å². The van der Waals surface area contributed by atoms with Gasteiger partial charge >= 0.3 is 0 Å². The average Bonchev–Trinajstić information content (AvgIpc) is 0.694. The maximum atomic E-state index is 2.56. The van der Waals surface area contributed by atoms with Gasteiger partial charge in [0.25, 0.3) is 0 Å². The molecule has 0 spiro atoms.